The molecule has 1 aromatic carbocycles. The summed E-state index contributed by atoms with van der Waals surface area (Å²) in [5.41, 5.74) is 1.64. The van der Waals surface area contributed by atoms with Gasteiger partial charge in [0.15, 0.2) is 0 Å². The van der Waals surface area contributed by atoms with Gasteiger partial charge in [0.1, 0.15) is 6.54 Å². The maximum Gasteiger partial charge on any atom is 0.317 e. The fraction of sp³-hybridized carbons (Fsp3) is 0.550. The molecule has 0 saturated heterocycles. The third-order valence-corrected chi connectivity index (χ3v) is 5.75. The molecule has 2 N–H and O–H groups in total. The van der Waals surface area contributed by atoms with Gasteiger partial charge in [0, 0.05) is 30.7 Å². The van der Waals surface area contributed by atoms with Gasteiger partial charge in [-0.3, -0.25) is 19.3 Å². The van der Waals surface area contributed by atoms with Crippen molar-refractivity contribution in [2.24, 2.45) is 5.92 Å². The van der Waals surface area contributed by atoms with Crippen LogP contribution in [-0.4, -0.2) is 64.4 Å². The van der Waals surface area contributed by atoms with Crippen molar-refractivity contribution in [3.63, 3.8) is 0 Å². The van der Waals surface area contributed by atoms with Crippen LogP contribution in [0.4, 0.5) is 0 Å². The molecule has 2 fully saturated rings. The Kier molecular flexibility index (Phi) is 4.86. The maximum atomic E-state index is 12.3. The number of carboxylic acids is 1. The summed E-state index contributed by atoms with van der Waals surface area (Å²) in [7, 11) is 0. The predicted molar refractivity (Wildman–Crippen MR) is 98.1 cm³/mol. The molecule has 3 aliphatic rings. The Morgan fingerprint density at radius 2 is 1.96 bits per heavy atom. The van der Waals surface area contributed by atoms with Crippen molar-refractivity contribution in [1.29, 1.82) is 0 Å². The van der Waals surface area contributed by atoms with E-state index in [0.717, 1.165) is 24.9 Å². The minimum absolute atomic E-state index is 0.0651. The highest BCUT2D eigenvalue weighted by molar-refractivity contribution is 6.00. The summed E-state index contributed by atoms with van der Waals surface area (Å²) >= 11 is 0. The van der Waals surface area contributed by atoms with E-state index in [1.807, 2.05) is 23.1 Å². The Hall–Kier alpha value is -2.41. The fourth-order valence-electron chi connectivity index (χ4n) is 4.04. The molecule has 7 nitrogen and oxygen atoms in total. The lowest BCUT2D eigenvalue weighted by Crippen LogP contribution is -2.56. The lowest BCUT2D eigenvalue weighted by molar-refractivity contribution is -0.140. The molecule has 2 aliphatic carbocycles. The van der Waals surface area contributed by atoms with Crippen LogP contribution in [0.1, 0.15) is 41.6 Å². The molecule has 27 heavy (non-hydrogen) atoms. The second-order valence-electron chi connectivity index (χ2n) is 7.97. The van der Waals surface area contributed by atoms with Crippen LogP contribution in [-0.2, 0) is 16.1 Å². The van der Waals surface area contributed by atoms with Gasteiger partial charge in [0.2, 0.25) is 5.91 Å². The number of nitrogens with zero attached hydrogens (tertiary/aromatic N) is 2. The molecule has 0 radical (unpaired) electrons. The summed E-state index contributed by atoms with van der Waals surface area (Å²) in [4.78, 5) is 39.4. The van der Waals surface area contributed by atoms with Crippen LogP contribution >= 0.6 is 0 Å². The number of rotatable bonds is 8. The highest BCUT2D eigenvalue weighted by Gasteiger charge is 2.38. The number of hydrogen-bond donors (Lipinski definition) is 2. The average molecular weight is 371 g/mol. The molecule has 1 aromatic rings. The van der Waals surface area contributed by atoms with Gasteiger partial charge in [-0.1, -0.05) is 18.2 Å². The number of amides is 2. The normalized spacial score (nSPS) is 23.9. The first-order valence-electron chi connectivity index (χ1n) is 9.62. The molecule has 1 aliphatic heterocycles. The van der Waals surface area contributed by atoms with E-state index in [1.165, 1.54) is 12.8 Å². The van der Waals surface area contributed by atoms with Crippen LogP contribution < -0.4 is 5.32 Å². The van der Waals surface area contributed by atoms with Crippen molar-refractivity contribution in [3.05, 3.63) is 35.4 Å². The van der Waals surface area contributed by atoms with Crippen LogP contribution in [0.2, 0.25) is 0 Å². The molecule has 2 amide bonds. The number of carbonyl (C=O) groups excluding carboxylic acids is 2. The lowest BCUT2D eigenvalue weighted by Gasteiger charge is -2.42. The highest BCUT2D eigenvalue weighted by Crippen LogP contribution is 2.33. The number of nitrogens with one attached hydrogen (secondary N) is 1. The third-order valence-electron chi connectivity index (χ3n) is 5.75. The van der Waals surface area contributed by atoms with Gasteiger partial charge >= 0.3 is 5.97 Å². The van der Waals surface area contributed by atoms with E-state index >= 15 is 0 Å². The molecule has 0 bridgehead atoms. The van der Waals surface area contributed by atoms with Gasteiger partial charge in [-0.2, -0.15) is 0 Å². The van der Waals surface area contributed by atoms with Crippen LogP contribution in [0, 0.1) is 5.92 Å². The summed E-state index contributed by atoms with van der Waals surface area (Å²) in [5, 5.41) is 12.1. The van der Waals surface area contributed by atoms with E-state index < -0.39 is 5.97 Å². The van der Waals surface area contributed by atoms with Crippen molar-refractivity contribution < 1.29 is 19.5 Å². The van der Waals surface area contributed by atoms with Crippen molar-refractivity contribution >= 4 is 17.8 Å². The predicted octanol–water partition coefficient (Wildman–Crippen LogP) is 1.09. The molecule has 7 heteroatoms. The summed E-state index contributed by atoms with van der Waals surface area (Å²) < 4.78 is 0. The van der Waals surface area contributed by atoms with Crippen molar-refractivity contribution in [2.75, 3.05) is 19.6 Å². The second-order valence-corrected chi connectivity index (χ2v) is 7.97. The van der Waals surface area contributed by atoms with Crippen LogP contribution in [0.25, 0.3) is 0 Å². The molecule has 0 unspecified atom stereocenters. The molecular formula is C20H25N3O4. The first-order valence-corrected chi connectivity index (χ1v) is 9.62. The maximum absolute atomic E-state index is 12.3. The van der Waals surface area contributed by atoms with E-state index in [1.54, 1.807) is 11.0 Å². The molecule has 4 rings (SSSR count). The number of carbonyl (C=O) groups is 3. The Morgan fingerprint density at radius 1 is 1.22 bits per heavy atom. The summed E-state index contributed by atoms with van der Waals surface area (Å²) in [6, 6.07) is 7.73. The number of aliphatic carboxylic acids is 1. The molecule has 2 saturated carbocycles. The zero-order valence-electron chi connectivity index (χ0n) is 15.3. The van der Waals surface area contributed by atoms with Gasteiger partial charge in [0.25, 0.3) is 5.91 Å². The Balaban J connectivity index is 1.23. The van der Waals surface area contributed by atoms with Crippen LogP contribution in [0.15, 0.2) is 24.3 Å². The monoisotopic (exact) mass is 371 g/mol. The zero-order valence-corrected chi connectivity index (χ0v) is 15.3. The number of benzene rings is 1. The van der Waals surface area contributed by atoms with E-state index in [2.05, 4.69) is 5.32 Å². The average Bonchev–Trinajstić information content (AvgIpc) is 3.34. The molecule has 144 valence electrons. The zero-order chi connectivity index (χ0) is 19.0. The van der Waals surface area contributed by atoms with Crippen molar-refractivity contribution in [2.45, 2.75) is 44.3 Å². The summed E-state index contributed by atoms with van der Waals surface area (Å²) in [5.74, 6) is -0.396. The minimum atomic E-state index is -0.796. The topological polar surface area (TPSA) is 89.9 Å². The largest absolute Gasteiger partial charge is 0.480 e. The van der Waals surface area contributed by atoms with Gasteiger partial charge < -0.3 is 15.3 Å². The minimum Gasteiger partial charge on any atom is -0.480 e. The van der Waals surface area contributed by atoms with Crippen LogP contribution in [0.5, 0.6) is 0 Å². The molecule has 0 aromatic heterocycles. The van der Waals surface area contributed by atoms with Gasteiger partial charge in [-0.25, -0.2) is 0 Å². The van der Waals surface area contributed by atoms with Crippen molar-refractivity contribution in [3.8, 4) is 0 Å². The van der Waals surface area contributed by atoms with E-state index in [9.17, 15) is 14.4 Å². The van der Waals surface area contributed by atoms with E-state index in [0.29, 0.717) is 18.0 Å². The molecule has 1 heterocycles. The Morgan fingerprint density at radius 3 is 2.63 bits per heavy atom. The number of fused-ring (bicyclic) bond motifs is 1. The Bertz CT molecular complexity index is 755. The molecule has 0 spiro atoms. The lowest BCUT2D eigenvalue weighted by atomic mass is 9.85. The first kappa shape index (κ1) is 18.0. The van der Waals surface area contributed by atoms with Gasteiger partial charge in [-0.15, -0.1) is 0 Å². The van der Waals surface area contributed by atoms with Crippen molar-refractivity contribution in [1.82, 2.24) is 15.1 Å². The van der Waals surface area contributed by atoms with Crippen LogP contribution in [0.3, 0.4) is 0 Å². The summed E-state index contributed by atoms with van der Waals surface area (Å²) in [6.07, 6.45) is 3.93. The number of hydrogen-bond acceptors (Lipinski definition) is 4. The van der Waals surface area contributed by atoms with Gasteiger partial charge in [0.05, 0.1) is 6.54 Å². The number of carboxylic acid groups (broad SMARTS) is 1. The SMILES string of the molecule is O=C(O)CN(CC1CC1)C1CC(NC(=O)CN2Cc3ccccc3C2=O)C1. The van der Waals surface area contributed by atoms with E-state index in [4.69, 9.17) is 5.11 Å². The van der Waals surface area contributed by atoms with Gasteiger partial charge in [-0.05, 0) is 43.2 Å². The molecular weight excluding hydrogens is 346 g/mol. The van der Waals surface area contributed by atoms with E-state index in [-0.39, 0.29) is 37.0 Å². The third kappa shape index (κ3) is 4.13. The Labute approximate surface area is 158 Å². The quantitative estimate of drug-likeness (QED) is 0.714. The first-order chi connectivity index (χ1) is 13.0. The highest BCUT2D eigenvalue weighted by atomic mass is 16.4. The summed E-state index contributed by atoms with van der Waals surface area (Å²) in [6.45, 7) is 1.46. The smallest absolute Gasteiger partial charge is 0.317 e. The molecule has 0 atom stereocenters. The standard InChI is InChI=1S/C20H25N3O4/c24-18(11-23-10-14-3-1-2-4-17(14)20(23)27)21-15-7-16(8-15)22(12-19(25)26)9-13-5-6-13/h1-4,13,15-16H,5-12H2,(H,21,24)(H,25,26). The second kappa shape index (κ2) is 7.31. The fourth-order valence-corrected chi connectivity index (χ4v) is 4.04.